The van der Waals surface area contributed by atoms with Crippen LogP contribution in [-0.4, -0.2) is 59.4 Å². The van der Waals surface area contributed by atoms with Gasteiger partial charge in [0.1, 0.15) is 23.6 Å². The molecule has 40 heavy (non-hydrogen) atoms. The van der Waals surface area contributed by atoms with E-state index >= 15 is 0 Å². The van der Waals surface area contributed by atoms with E-state index in [2.05, 4.69) is 0 Å². The Kier molecular flexibility index (Phi) is 9.71. The van der Waals surface area contributed by atoms with E-state index in [4.69, 9.17) is 20.2 Å². The van der Waals surface area contributed by atoms with Crippen molar-refractivity contribution in [3.8, 4) is 11.3 Å². The topological polar surface area (TPSA) is 82.6 Å². The van der Waals surface area contributed by atoms with Crippen molar-refractivity contribution in [2.75, 3.05) is 26.9 Å². The maximum absolute atomic E-state index is 14.9. The summed E-state index contributed by atoms with van der Waals surface area (Å²) in [5, 5.41) is 0. The average molecular weight is 555 g/mol. The van der Waals surface area contributed by atoms with Crippen molar-refractivity contribution >= 4 is 5.91 Å². The summed E-state index contributed by atoms with van der Waals surface area (Å²) in [6.45, 7) is 7.86. The highest BCUT2D eigenvalue weighted by atomic mass is 19.1. The lowest BCUT2D eigenvalue weighted by molar-refractivity contribution is -0.146. The predicted molar refractivity (Wildman–Crippen MR) is 150 cm³/mol. The zero-order chi connectivity index (χ0) is 28.9. The van der Waals surface area contributed by atoms with Crippen LogP contribution in [0.5, 0.6) is 0 Å². The summed E-state index contributed by atoms with van der Waals surface area (Å²) in [6.07, 6.45) is 3.18. The number of rotatable bonds is 11. The first-order valence-corrected chi connectivity index (χ1v) is 13.8. The van der Waals surface area contributed by atoms with Crippen molar-refractivity contribution in [2.24, 2.45) is 11.1 Å². The highest BCUT2D eigenvalue weighted by molar-refractivity contribution is 5.81. The number of amides is 1. The van der Waals surface area contributed by atoms with Gasteiger partial charge in [-0.05, 0) is 48.4 Å². The molecule has 2 heterocycles. The second-order valence-corrected chi connectivity index (χ2v) is 11.5. The Bertz CT molecular complexity index is 1270. The van der Waals surface area contributed by atoms with Crippen molar-refractivity contribution in [3.05, 3.63) is 77.8 Å². The number of imidazole rings is 1. The van der Waals surface area contributed by atoms with Crippen molar-refractivity contribution in [1.82, 2.24) is 14.5 Å². The van der Waals surface area contributed by atoms with Crippen LogP contribution in [0.25, 0.3) is 11.3 Å². The van der Waals surface area contributed by atoms with Gasteiger partial charge in [-0.3, -0.25) is 4.79 Å². The van der Waals surface area contributed by atoms with Gasteiger partial charge in [-0.2, -0.15) is 0 Å². The van der Waals surface area contributed by atoms with Crippen LogP contribution in [0.1, 0.15) is 57.5 Å². The number of nitrogens with two attached hydrogens (primary N) is 1. The summed E-state index contributed by atoms with van der Waals surface area (Å²) in [7, 11) is 1.60. The van der Waals surface area contributed by atoms with E-state index in [0.717, 1.165) is 30.2 Å². The summed E-state index contributed by atoms with van der Waals surface area (Å²) in [5.74, 6) is -0.649. The second kappa shape index (κ2) is 13.0. The Labute approximate surface area is 235 Å². The lowest BCUT2D eigenvalue weighted by Gasteiger charge is -2.41. The highest BCUT2D eigenvalue weighted by Crippen LogP contribution is 2.40. The molecule has 1 saturated heterocycles. The Balaban J connectivity index is 1.84. The summed E-state index contributed by atoms with van der Waals surface area (Å²) < 4.78 is 42.1. The van der Waals surface area contributed by atoms with Crippen LogP contribution in [0, 0.1) is 17.0 Å². The number of halogens is 2. The molecule has 2 N–H and O–H groups in total. The van der Waals surface area contributed by atoms with Gasteiger partial charge in [0.25, 0.3) is 5.91 Å². The Morgan fingerprint density at radius 3 is 2.62 bits per heavy atom. The van der Waals surface area contributed by atoms with Gasteiger partial charge in [0, 0.05) is 44.6 Å². The normalized spacial score (nSPS) is 17.1. The van der Waals surface area contributed by atoms with Gasteiger partial charge in [0.05, 0.1) is 18.3 Å². The molecule has 1 aromatic heterocycles. The number of carbonyl (C=O) groups excluding carboxylic acids is 1. The molecule has 0 unspecified atom stereocenters. The zero-order valence-corrected chi connectivity index (χ0v) is 23.8. The molecule has 2 aromatic carbocycles. The molecule has 216 valence electrons. The third kappa shape index (κ3) is 7.13. The number of methoxy groups -OCH3 is 1. The molecular weight excluding hydrogens is 514 g/mol. The Hall–Kier alpha value is -3.14. The van der Waals surface area contributed by atoms with Gasteiger partial charge in [0.2, 0.25) is 0 Å². The molecule has 3 atom stereocenters. The van der Waals surface area contributed by atoms with Crippen LogP contribution >= 0.6 is 0 Å². The van der Waals surface area contributed by atoms with Gasteiger partial charge >= 0.3 is 0 Å². The molecule has 3 aromatic rings. The van der Waals surface area contributed by atoms with E-state index in [1.165, 1.54) is 0 Å². The van der Waals surface area contributed by atoms with E-state index in [9.17, 15) is 13.6 Å². The van der Waals surface area contributed by atoms with Gasteiger partial charge in [0.15, 0.2) is 0 Å². The van der Waals surface area contributed by atoms with Crippen LogP contribution in [0.2, 0.25) is 0 Å². The first kappa shape index (κ1) is 29.8. The number of carbonyl (C=O) groups is 1. The molecule has 0 radical (unpaired) electrons. The van der Waals surface area contributed by atoms with E-state index in [0.29, 0.717) is 50.7 Å². The summed E-state index contributed by atoms with van der Waals surface area (Å²) in [6, 6.07) is 12.4. The van der Waals surface area contributed by atoms with Crippen LogP contribution in [0.15, 0.2) is 54.7 Å². The highest BCUT2D eigenvalue weighted by Gasteiger charge is 2.41. The minimum Gasteiger partial charge on any atom is -0.383 e. The molecule has 1 aliphatic rings. The molecule has 1 fully saturated rings. The smallest absolute Gasteiger partial charge is 0.252 e. The van der Waals surface area contributed by atoms with Gasteiger partial charge in [-0.25, -0.2) is 13.8 Å². The van der Waals surface area contributed by atoms with Crippen molar-refractivity contribution < 1.29 is 23.0 Å². The van der Waals surface area contributed by atoms with Crippen LogP contribution < -0.4 is 5.73 Å². The number of nitrogens with zero attached hydrogens (tertiary/aromatic N) is 3. The van der Waals surface area contributed by atoms with E-state index in [1.807, 2.05) is 60.6 Å². The lowest BCUT2D eigenvalue weighted by atomic mass is 9.84. The average Bonchev–Trinajstić information content (AvgIpc) is 3.58. The lowest BCUT2D eigenvalue weighted by Crippen LogP contribution is -2.48. The molecule has 7 nitrogen and oxygen atoms in total. The summed E-state index contributed by atoms with van der Waals surface area (Å²) >= 11 is 0. The van der Waals surface area contributed by atoms with Gasteiger partial charge in [-0.15, -0.1) is 0 Å². The molecule has 1 amide bonds. The fourth-order valence-electron chi connectivity index (χ4n) is 5.30. The van der Waals surface area contributed by atoms with E-state index in [1.54, 1.807) is 13.3 Å². The predicted octanol–water partition coefficient (Wildman–Crippen LogP) is 5.34. The summed E-state index contributed by atoms with van der Waals surface area (Å²) in [4.78, 5) is 20.7. The fraction of sp³-hybridized carbons (Fsp3) is 0.484. The first-order chi connectivity index (χ1) is 19.1. The largest absolute Gasteiger partial charge is 0.383 e. The molecule has 4 rings (SSSR count). The van der Waals surface area contributed by atoms with Crippen molar-refractivity contribution in [2.45, 2.75) is 64.8 Å². The molecule has 0 spiro atoms. The van der Waals surface area contributed by atoms with Crippen LogP contribution in [0.4, 0.5) is 8.78 Å². The molecule has 0 saturated carbocycles. The molecule has 1 aliphatic heterocycles. The SMILES string of the molecule is COC[C@@H](N)CCN(C(=O)[C@@H]1CCCO1)[C@@H](c1nc(-c2cc(F)ccc2F)cn1Cc1ccccc1)C(C)(C)C. The fourth-order valence-corrected chi connectivity index (χ4v) is 5.30. The third-order valence-electron chi connectivity index (χ3n) is 7.19. The van der Waals surface area contributed by atoms with E-state index < -0.39 is 29.2 Å². The minimum atomic E-state index is -0.567. The number of aromatic nitrogens is 2. The Morgan fingerprint density at radius 1 is 1.23 bits per heavy atom. The standard InChI is InChI=1S/C31H40F2N4O3/c1-31(2,3)28(37(15-14-23(34)20-39-4)30(38)27-11-8-16-40-27)29-35-26(24-17-22(32)12-13-25(24)33)19-36(29)18-21-9-6-5-7-10-21/h5-7,9-10,12-13,17,19,23,27-28H,8,11,14-16,18,20,34H2,1-4H3/t23-,27-,28-/m0/s1. The second-order valence-electron chi connectivity index (χ2n) is 11.5. The first-order valence-electron chi connectivity index (χ1n) is 13.8. The molecule has 9 heteroatoms. The van der Waals surface area contributed by atoms with Gasteiger partial charge < -0.3 is 24.7 Å². The number of hydrogen-bond acceptors (Lipinski definition) is 5. The monoisotopic (exact) mass is 554 g/mol. The van der Waals surface area contributed by atoms with Crippen molar-refractivity contribution in [1.29, 1.82) is 0 Å². The van der Waals surface area contributed by atoms with Crippen LogP contribution in [-0.2, 0) is 20.8 Å². The van der Waals surface area contributed by atoms with Crippen molar-refractivity contribution in [3.63, 3.8) is 0 Å². The molecular formula is C31H40F2N4O3. The molecule has 0 aliphatic carbocycles. The third-order valence-corrected chi connectivity index (χ3v) is 7.19. The zero-order valence-electron chi connectivity index (χ0n) is 23.8. The van der Waals surface area contributed by atoms with E-state index in [-0.39, 0.29) is 17.5 Å². The Morgan fingerprint density at radius 2 is 1.98 bits per heavy atom. The maximum Gasteiger partial charge on any atom is 0.252 e. The van der Waals surface area contributed by atoms with Crippen LogP contribution in [0.3, 0.4) is 0 Å². The number of benzene rings is 2. The molecule has 0 bridgehead atoms. The number of hydrogen-bond donors (Lipinski definition) is 1. The minimum absolute atomic E-state index is 0.0693. The summed E-state index contributed by atoms with van der Waals surface area (Å²) in [5.41, 5.74) is 7.20. The quantitative estimate of drug-likeness (QED) is 0.346. The number of ether oxygens (including phenoxy) is 2. The van der Waals surface area contributed by atoms with Gasteiger partial charge in [-0.1, -0.05) is 51.1 Å². The maximum atomic E-state index is 14.9.